The van der Waals surface area contributed by atoms with E-state index in [1.165, 1.54) is 37.2 Å². The van der Waals surface area contributed by atoms with Crippen molar-refractivity contribution in [3.05, 3.63) is 29.8 Å². The van der Waals surface area contributed by atoms with Crippen LogP contribution in [0.25, 0.3) is 0 Å². The lowest BCUT2D eigenvalue weighted by atomic mass is 9.99. The average molecular weight is 547 g/mol. The topological polar surface area (TPSA) is 48.9 Å². The summed E-state index contributed by atoms with van der Waals surface area (Å²) in [5, 5.41) is 7.07. The first-order chi connectivity index (χ1) is 14.2. The van der Waals surface area contributed by atoms with Crippen molar-refractivity contribution < 1.29 is 4.74 Å². The zero-order valence-corrected chi connectivity index (χ0v) is 21.9. The van der Waals surface area contributed by atoms with Crippen LogP contribution in [0.15, 0.2) is 29.3 Å². The lowest BCUT2D eigenvalue weighted by Crippen LogP contribution is -2.42. The summed E-state index contributed by atoms with van der Waals surface area (Å²) < 4.78 is 5.82. The monoisotopic (exact) mass is 546 g/mol. The van der Waals surface area contributed by atoms with Gasteiger partial charge in [0, 0.05) is 43.3 Å². The van der Waals surface area contributed by atoms with Crippen LogP contribution in [0.3, 0.4) is 0 Å². The second-order valence-corrected chi connectivity index (χ2v) is 9.81. The van der Waals surface area contributed by atoms with Crippen LogP contribution in [0.2, 0.25) is 0 Å². The molecule has 2 saturated heterocycles. The highest BCUT2D eigenvalue weighted by molar-refractivity contribution is 14.0. The predicted molar refractivity (Wildman–Crippen MR) is 142 cm³/mol. The Balaban J connectivity index is 0.00000320. The van der Waals surface area contributed by atoms with Crippen molar-refractivity contribution >= 4 is 47.4 Å². The lowest BCUT2D eigenvalue weighted by Gasteiger charge is -2.35. The zero-order valence-electron chi connectivity index (χ0n) is 18.8. The Labute approximate surface area is 204 Å². The second-order valence-electron chi connectivity index (χ2n) is 8.08. The van der Waals surface area contributed by atoms with Crippen LogP contribution in [-0.4, -0.2) is 55.9 Å². The number of nitrogens with zero attached hydrogens (tertiary/aromatic N) is 2. The van der Waals surface area contributed by atoms with E-state index in [-0.39, 0.29) is 34.8 Å². The summed E-state index contributed by atoms with van der Waals surface area (Å²) in [6, 6.07) is 9.17. The number of hydrogen-bond acceptors (Lipinski definition) is 4. The maximum atomic E-state index is 5.60. The smallest absolute Gasteiger partial charge is 0.191 e. The normalized spacial score (nSPS) is 19.8. The van der Waals surface area contributed by atoms with E-state index in [9.17, 15) is 0 Å². The number of anilines is 1. The fourth-order valence-corrected chi connectivity index (χ4v) is 5.42. The fraction of sp³-hybridized carbons (Fsp3) is 0.696. The van der Waals surface area contributed by atoms with Gasteiger partial charge in [-0.2, -0.15) is 11.8 Å². The molecule has 0 aromatic heterocycles. The minimum Gasteiger partial charge on any atom is -0.381 e. The van der Waals surface area contributed by atoms with Gasteiger partial charge >= 0.3 is 0 Å². The molecule has 2 fully saturated rings. The highest BCUT2D eigenvalue weighted by Crippen LogP contribution is 2.35. The van der Waals surface area contributed by atoms with Crippen molar-refractivity contribution in [2.24, 2.45) is 4.99 Å². The highest BCUT2D eigenvalue weighted by atomic mass is 127. The molecule has 2 aliphatic heterocycles. The Kier molecular flexibility index (Phi) is 11.1. The predicted octanol–water partition coefficient (Wildman–Crippen LogP) is 4.82. The van der Waals surface area contributed by atoms with Crippen LogP contribution in [0.4, 0.5) is 5.69 Å². The number of thioether (sulfide) groups is 1. The van der Waals surface area contributed by atoms with Crippen LogP contribution >= 0.6 is 35.7 Å². The maximum absolute atomic E-state index is 5.60. The van der Waals surface area contributed by atoms with E-state index in [2.05, 4.69) is 60.6 Å². The summed E-state index contributed by atoms with van der Waals surface area (Å²) in [6.45, 7) is 12.4. The van der Waals surface area contributed by atoms with Gasteiger partial charge in [-0.15, -0.1) is 24.0 Å². The van der Waals surface area contributed by atoms with E-state index in [1.54, 1.807) is 0 Å². The molecule has 0 saturated carbocycles. The lowest BCUT2D eigenvalue weighted by molar-refractivity contribution is 0.0793. The van der Waals surface area contributed by atoms with E-state index < -0.39 is 0 Å². The molecule has 7 heteroatoms. The molecule has 0 aliphatic carbocycles. The standard InChI is InChI=1S/C23H38N4OS.HI/c1-4-24-22(25-18-23(29-5-2)11-15-28-16-12-23)26-19(3)20-9-8-10-21(17-20)27-13-6-7-14-27;/h8-10,17,19H,4-7,11-16,18H2,1-3H3,(H2,24,25,26);1H. The van der Waals surface area contributed by atoms with Crippen molar-refractivity contribution in [2.75, 3.05) is 50.0 Å². The molecule has 0 radical (unpaired) electrons. The maximum Gasteiger partial charge on any atom is 0.191 e. The van der Waals surface area contributed by atoms with E-state index >= 15 is 0 Å². The van der Waals surface area contributed by atoms with Crippen LogP contribution in [0.1, 0.15) is 58.1 Å². The van der Waals surface area contributed by atoms with Crippen LogP contribution in [0.5, 0.6) is 0 Å². The van der Waals surface area contributed by atoms with E-state index in [4.69, 9.17) is 9.73 Å². The number of hydrogen-bond donors (Lipinski definition) is 2. The Morgan fingerprint density at radius 1 is 1.23 bits per heavy atom. The second kappa shape index (κ2) is 13.0. The number of nitrogens with one attached hydrogen (secondary N) is 2. The van der Waals surface area contributed by atoms with E-state index in [0.717, 1.165) is 50.9 Å². The average Bonchev–Trinajstić information content (AvgIpc) is 3.28. The molecular weight excluding hydrogens is 507 g/mol. The summed E-state index contributed by atoms with van der Waals surface area (Å²) in [6.07, 6.45) is 4.78. The third-order valence-corrected chi connectivity index (χ3v) is 7.36. The SMILES string of the molecule is CCNC(=NCC1(SCC)CCOCC1)NC(C)c1cccc(N2CCCC2)c1.I. The van der Waals surface area contributed by atoms with Crippen molar-refractivity contribution in [1.82, 2.24) is 10.6 Å². The minimum absolute atomic E-state index is 0. The molecule has 2 N–H and O–H groups in total. The fourth-order valence-electron chi connectivity index (χ4n) is 4.20. The van der Waals surface area contributed by atoms with Crippen LogP contribution in [0, 0.1) is 0 Å². The van der Waals surface area contributed by atoms with Gasteiger partial charge in [0.1, 0.15) is 0 Å². The van der Waals surface area contributed by atoms with Gasteiger partial charge in [0.05, 0.1) is 12.6 Å². The van der Waals surface area contributed by atoms with Crippen molar-refractivity contribution in [3.8, 4) is 0 Å². The molecule has 1 aromatic rings. The first-order valence-corrected chi connectivity index (χ1v) is 12.3. The molecule has 1 unspecified atom stereocenters. The van der Waals surface area contributed by atoms with E-state index in [1.807, 2.05) is 11.8 Å². The summed E-state index contributed by atoms with van der Waals surface area (Å²) in [7, 11) is 0. The van der Waals surface area contributed by atoms with Gasteiger partial charge in [-0.25, -0.2) is 0 Å². The van der Waals surface area contributed by atoms with Gasteiger partial charge in [0.2, 0.25) is 0 Å². The molecule has 0 amide bonds. The quantitative estimate of drug-likeness (QED) is 0.278. The Morgan fingerprint density at radius 3 is 2.63 bits per heavy atom. The summed E-state index contributed by atoms with van der Waals surface area (Å²) in [4.78, 5) is 7.49. The summed E-state index contributed by atoms with van der Waals surface area (Å²) in [5.41, 5.74) is 2.65. The van der Waals surface area contributed by atoms with Gasteiger partial charge < -0.3 is 20.3 Å². The Hall–Kier alpha value is -0.670. The summed E-state index contributed by atoms with van der Waals surface area (Å²) >= 11 is 2.04. The number of halogens is 1. The van der Waals surface area contributed by atoms with Crippen molar-refractivity contribution in [2.45, 2.75) is 57.2 Å². The van der Waals surface area contributed by atoms with Gasteiger partial charge in [-0.05, 0) is 63.0 Å². The number of aliphatic imine (C=N–C) groups is 1. The molecule has 2 aliphatic rings. The highest BCUT2D eigenvalue weighted by Gasteiger charge is 2.32. The third kappa shape index (κ3) is 7.19. The van der Waals surface area contributed by atoms with Crippen LogP contribution in [-0.2, 0) is 4.74 Å². The Morgan fingerprint density at radius 2 is 1.97 bits per heavy atom. The molecule has 30 heavy (non-hydrogen) atoms. The van der Waals surface area contributed by atoms with Crippen molar-refractivity contribution in [1.29, 1.82) is 0 Å². The largest absolute Gasteiger partial charge is 0.381 e. The number of benzene rings is 1. The van der Waals surface area contributed by atoms with Crippen LogP contribution < -0.4 is 15.5 Å². The molecule has 5 nitrogen and oxygen atoms in total. The molecule has 170 valence electrons. The van der Waals surface area contributed by atoms with Gasteiger partial charge in [0.25, 0.3) is 0 Å². The van der Waals surface area contributed by atoms with E-state index in [0.29, 0.717) is 0 Å². The van der Waals surface area contributed by atoms with Gasteiger partial charge in [0.15, 0.2) is 5.96 Å². The third-order valence-electron chi connectivity index (χ3n) is 5.92. The van der Waals surface area contributed by atoms with Gasteiger partial charge in [-0.3, -0.25) is 4.99 Å². The first-order valence-electron chi connectivity index (χ1n) is 11.3. The van der Waals surface area contributed by atoms with Gasteiger partial charge in [-0.1, -0.05) is 19.1 Å². The van der Waals surface area contributed by atoms with Crippen molar-refractivity contribution in [3.63, 3.8) is 0 Å². The number of rotatable bonds is 8. The zero-order chi connectivity index (χ0) is 20.5. The number of guanidine groups is 1. The minimum atomic E-state index is 0. The molecule has 0 spiro atoms. The molecule has 1 aromatic carbocycles. The molecule has 0 bridgehead atoms. The molecule has 1 atom stereocenters. The Bertz CT molecular complexity index is 655. The first kappa shape index (κ1) is 25.6. The molecular formula is C23H39IN4OS. The number of ether oxygens (including phenoxy) is 1. The molecule has 2 heterocycles. The summed E-state index contributed by atoms with van der Waals surface area (Å²) in [5.74, 6) is 2.04. The molecule has 3 rings (SSSR count).